The number of aryl methyl sites for hydroxylation is 1. The molecule has 0 aliphatic carbocycles. The highest BCUT2D eigenvalue weighted by Crippen LogP contribution is 2.43. The summed E-state index contributed by atoms with van der Waals surface area (Å²) in [7, 11) is 5.46. The van der Waals surface area contributed by atoms with Crippen molar-refractivity contribution in [3.05, 3.63) is 114 Å². The number of piperazine rings is 1. The van der Waals surface area contributed by atoms with E-state index in [-0.39, 0.29) is 49.2 Å². The van der Waals surface area contributed by atoms with E-state index in [1.54, 1.807) is 38.4 Å². The Labute approximate surface area is 441 Å². The highest BCUT2D eigenvalue weighted by molar-refractivity contribution is 5.96. The van der Waals surface area contributed by atoms with Crippen LogP contribution >= 0.6 is 0 Å². The number of phenols is 1. The van der Waals surface area contributed by atoms with Crippen molar-refractivity contribution in [1.82, 2.24) is 35.1 Å². The molecule has 6 bridgehead atoms. The number of aromatic hydroxyl groups is 1. The van der Waals surface area contributed by atoms with Crippen molar-refractivity contribution in [2.45, 2.75) is 104 Å². The van der Waals surface area contributed by atoms with E-state index in [9.17, 15) is 24.3 Å². The number of pyridine rings is 1. The Bertz CT molecular complexity index is 2950. The fourth-order valence-corrected chi connectivity index (χ4v) is 11.5. The first-order chi connectivity index (χ1) is 35.9. The minimum atomic E-state index is -1.20. The van der Waals surface area contributed by atoms with Gasteiger partial charge in [-0.3, -0.25) is 24.4 Å². The number of cyclic esters (lactones) is 1. The third kappa shape index (κ3) is 11.2. The van der Waals surface area contributed by atoms with E-state index in [4.69, 9.17) is 19.2 Å². The number of fused-ring (bicyclic) bond motifs is 6. The zero-order valence-corrected chi connectivity index (χ0v) is 45.0. The van der Waals surface area contributed by atoms with E-state index in [1.807, 2.05) is 63.4 Å². The van der Waals surface area contributed by atoms with E-state index >= 15 is 0 Å². The second-order valence-corrected chi connectivity index (χ2v) is 21.9. The molecule has 16 nitrogen and oxygen atoms in total. The number of esters is 1. The summed E-state index contributed by atoms with van der Waals surface area (Å²) in [5.41, 5.74) is 11.5. The molecule has 4 aliphatic rings. The van der Waals surface area contributed by atoms with Gasteiger partial charge in [0.15, 0.2) is 0 Å². The number of phenolic OH excluding ortho intramolecular Hbond substituents is 1. The van der Waals surface area contributed by atoms with Crippen LogP contribution in [0.15, 0.2) is 91.1 Å². The third-order valence-corrected chi connectivity index (χ3v) is 15.5. The molecule has 0 radical (unpaired) electrons. The first-order valence-corrected chi connectivity index (χ1v) is 26.5. The fourth-order valence-electron chi connectivity index (χ4n) is 11.5. The zero-order chi connectivity index (χ0) is 53.3. The number of hydrogen-bond donors (Lipinski definition) is 3. The van der Waals surface area contributed by atoms with Gasteiger partial charge >= 0.3 is 5.97 Å². The smallest absolute Gasteiger partial charge is 0.328 e. The van der Waals surface area contributed by atoms with Gasteiger partial charge in [-0.25, -0.2) is 10.2 Å². The molecule has 398 valence electrons. The number of carbonyl (C=O) groups is 4. The number of hydrazine groups is 1. The molecule has 2 fully saturated rings. The highest BCUT2D eigenvalue weighted by atomic mass is 16.5. The number of anilines is 1. The van der Waals surface area contributed by atoms with E-state index in [0.29, 0.717) is 31.6 Å². The molecule has 0 unspecified atom stereocenters. The summed E-state index contributed by atoms with van der Waals surface area (Å²) in [4.78, 5) is 69.4. The van der Waals surface area contributed by atoms with E-state index < -0.39 is 47.4 Å². The van der Waals surface area contributed by atoms with Crippen molar-refractivity contribution in [3.63, 3.8) is 0 Å². The molecule has 16 heteroatoms. The van der Waals surface area contributed by atoms with Gasteiger partial charge in [0.1, 0.15) is 30.0 Å². The van der Waals surface area contributed by atoms with Gasteiger partial charge in [-0.2, -0.15) is 0 Å². The molecule has 75 heavy (non-hydrogen) atoms. The Balaban J connectivity index is 1.13. The molecule has 5 aromatic rings. The lowest BCUT2D eigenvalue weighted by molar-refractivity contribution is -0.152. The van der Waals surface area contributed by atoms with Gasteiger partial charge in [-0.05, 0) is 97.8 Å². The van der Waals surface area contributed by atoms with Gasteiger partial charge in [-0.15, -0.1) is 0 Å². The molecule has 9 rings (SSSR count). The van der Waals surface area contributed by atoms with Crippen molar-refractivity contribution >= 4 is 40.3 Å². The van der Waals surface area contributed by atoms with Crippen LogP contribution in [-0.2, 0) is 52.8 Å². The summed E-state index contributed by atoms with van der Waals surface area (Å²) in [6, 6.07) is 20.5. The van der Waals surface area contributed by atoms with Gasteiger partial charge in [-0.1, -0.05) is 82.3 Å². The number of ether oxygens (including phenoxy) is 3. The van der Waals surface area contributed by atoms with Crippen molar-refractivity contribution in [1.29, 1.82) is 0 Å². The summed E-state index contributed by atoms with van der Waals surface area (Å²) < 4.78 is 20.6. The molecule has 6 atom stereocenters. The van der Waals surface area contributed by atoms with Crippen molar-refractivity contribution in [3.8, 4) is 28.1 Å². The van der Waals surface area contributed by atoms with Crippen LogP contribution in [0.4, 0.5) is 5.69 Å². The second-order valence-electron chi connectivity index (χ2n) is 21.9. The van der Waals surface area contributed by atoms with Gasteiger partial charge in [0.05, 0.1) is 42.5 Å². The maximum absolute atomic E-state index is 14.9. The Morgan fingerprint density at radius 1 is 1.00 bits per heavy atom. The van der Waals surface area contributed by atoms with Crippen LogP contribution in [0, 0.1) is 11.3 Å². The maximum Gasteiger partial charge on any atom is 0.328 e. The minimum Gasteiger partial charge on any atom is -0.508 e. The first kappa shape index (κ1) is 53.2. The monoisotopic (exact) mass is 1020 g/mol. The van der Waals surface area contributed by atoms with Crippen LogP contribution in [0.5, 0.6) is 5.75 Å². The molecule has 0 saturated carbocycles. The van der Waals surface area contributed by atoms with Crippen LogP contribution in [0.1, 0.15) is 82.4 Å². The summed E-state index contributed by atoms with van der Waals surface area (Å²) in [5, 5.41) is 16.9. The van der Waals surface area contributed by atoms with Gasteiger partial charge in [0.2, 0.25) is 5.91 Å². The SMILES string of the molecule is CCn1c(-c2cc(N3CCN(C)CC3)cnc2[C@H](C)OC)c2c3cc(ccc31)-c1cc(O)cc(c1)C[C@H](NC(=O)[C@H](C(C)C)N(C)C(=O)[C@@H]1OCC[C@@H]1c1ccccc1)C(=O)N1CC=C[C@H](N1)C(=O)OCC(C)(C)C2. The van der Waals surface area contributed by atoms with Crippen molar-refractivity contribution in [2.75, 3.05) is 72.0 Å². The first-order valence-electron chi connectivity index (χ1n) is 26.5. The summed E-state index contributed by atoms with van der Waals surface area (Å²) in [6.45, 7) is 16.9. The normalized spacial score (nSPS) is 22.2. The molecule has 3 aromatic carbocycles. The second kappa shape index (κ2) is 22.3. The fraction of sp³-hybridized carbons (Fsp3) is 0.475. The lowest BCUT2D eigenvalue weighted by atomic mass is 9.84. The average molecular weight is 1020 g/mol. The summed E-state index contributed by atoms with van der Waals surface area (Å²) in [5.74, 6) is -2.45. The molecule has 4 aliphatic heterocycles. The average Bonchev–Trinajstić information content (AvgIpc) is 4.03. The molecule has 3 N–H and O–H groups in total. The molecular formula is C59H74N8O8. The number of nitrogens with one attached hydrogen (secondary N) is 2. The molecular weight excluding hydrogens is 949 g/mol. The van der Waals surface area contributed by atoms with Crippen LogP contribution in [0.2, 0.25) is 0 Å². The number of carbonyl (C=O) groups excluding carboxylic acids is 4. The van der Waals surface area contributed by atoms with Crippen LogP contribution in [0.3, 0.4) is 0 Å². The summed E-state index contributed by atoms with van der Waals surface area (Å²) in [6.07, 6.45) is 5.44. The standard InChI is InChI=1S/C59H74N8O8/c1-10-66-50-19-18-40-31-45(50)47(53(66)46-32-42(34-60-51(46)37(4)73-9)65-24-22-63(7)23-25-65)33-59(5,6)35-75-58(72)48-17-14-21-67(62-48)56(70)49(29-38-27-41(40)30-43(68)28-38)61-55(69)52(36(2)3)64(8)57(71)54-44(20-26-74-54)39-15-12-11-13-16-39/h11-19,27-28,30-32,34,36-37,44,48-49,52,54,62,68H,10,20-26,29,33,35H2,1-9H3,(H,61,69)/t37-,44+,48-,49-,52-,54+/m0/s1. The van der Waals surface area contributed by atoms with Gasteiger partial charge in [0, 0.05) is 87.7 Å². The van der Waals surface area contributed by atoms with Crippen molar-refractivity contribution < 1.29 is 38.5 Å². The summed E-state index contributed by atoms with van der Waals surface area (Å²) >= 11 is 0. The lowest BCUT2D eigenvalue weighted by Crippen LogP contribution is -2.61. The number of benzene rings is 3. The largest absolute Gasteiger partial charge is 0.508 e. The number of rotatable bonds is 11. The lowest BCUT2D eigenvalue weighted by Gasteiger charge is -2.36. The van der Waals surface area contributed by atoms with Gasteiger partial charge < -0.3 is 43.9 Å². The number of methoxy groups -OCH3 is 1. The van der Waals surface area contributed by atoms with E-state index in [2.05, 4.69) is 77.2 Å². The van der Waals surface area contributed by atoms with Crippen molar-refractivity contribution in [2.24, 2.45) is 11.3 Å². The molecule has 6 heterocycles. The highest BCUT2D eigenvalue weighted by Gasteiger charge is 2.42. The quantitative estimate of drug-likeness (QED) is 0.0913. The van der Waals surface area contributed by atoms with E-state index in [1.165, 1.54) is 9.91 Å². The topological polar surface area (TPSA) is 171 Å². The number of nitrogens with zero attached hydrogens (tertiary/aromatic N) is 6. The molecule has 2 saturated heterocycles. The minimum absolute atomic E-state index is 0.00977. The molecule has 3 amide bonds. The van der Waals surface area contributed by atoms with Crippen LogP contribution in [-0.4, -0.2) is 145 Å². The third-order valence-electron chi connectivity index (χ3n) is 15.5. The number of amides is 3. The Hall–Kier alpha value is -6.59. The predicted molar refractivity (Wildman–Crippen MR) is 290 cm³/mol. The number of hydrogen-bond acceptors (Lipinski definition) is 12. The van der Waals surface area contributed by atoms with Gasteiger partial charge in [0.25, 0.3) is 11.8 Å². The molecule has 0 spiro atoms. The zero-order valence-electron chi connectivity index (χ0n) is 45.0. The predicted octanol–water partition coefficient (Wildman–Crippen LogP) is 7.04. The Morgan fingerprint density at radius 2 is 1.76 bits per heavy atom. The maximum atomic E-state index is 14.9. The number of aromatic nitrogens is 2. The van der Waals surface area contributed by atoms with Crippen LogP contribution in [0.25, 0.3) is 33.3 Å². The number of likely N-dealkylation sites (N-methyl/N-ethyl adjacent to an activating group) is 2. The Kier molecular flexibility index (Phi) is 15.8. The van der Waals surface area contributed by atoms with E-state index in [0.717, 1.165) is 82.0 Å². The van der Waals surface area contributed by atoms with Crippen LogP contribution < -0.4 is 15.6 Å². The Morgan fingerprint density at radius 3 is 2.48 bits per heavy atom. The molecule has 2 aromatic heterocycles.